The second-order valence-corrected chi connectivity index (χ2v) is 4.49. The van der Waals surface area contributed by atoms with Gasteiger partial charge in [0.2, 0.25) is 0 Å². The molecule has 13 heavy (non-hydrogen) atoms. The molecule has 0 aliphatic carbocycles. The molecule has 0 N–H and O–H groups in total. The minimum absolute atomic E-state index is 0.185. The number of rotatable bonds is 0. The molecule has 0 amide bonds. The molecule has 68 valence electrons. The van der Waals surface area contributed by atoms with Crippen molar-refractivity contribution in [2.24, 2.45) is 4.99 Å². The standard InChI is InChI=1S/C11H14N2/c1-11(2,3)9-4-8-5-12-7-10(8)13-6-9/h4,6-7H,5H2,1-3H3. The summed E-state index contributed by atoms with van der Waals surface area (Å²) >= 11 is 0. The fourth-order valence-corrected chi connectivity index (χ4v) is 1.40. The van der Waals surface area contributed by atoms with E-state index in [9.17, 15) is 0 Å². The smallest absolute Gasteiger partial charge is 0.0858 e. The fraction of sp³-hybridized carbons (Fsp3) is 0.455. The lowest BCUT2D eigenvalue weighted by atomic mass is 9.87. The van der Waals surface area contributed by atoms with E-state index in [1.807, 2.05) is 12.4 Å². The molecule has 0 saturated heterocycles. The molecule has 1 aromatic heterocycles. The van der Waals surface area contributed by atoms with Crippen LogP contribution < -0.4 is 0 Å². The lowest BCUT2D eigenvalue weighted by molar-refractivity contribution is 0.586. The van der Waals surface area contributed by atoms with Gasteiger partial charge in [0.1, 0.15) is 0 Å². The molecule has 1 aromatic rings. The van der Waals surface area contributed by atoms with Gasteiger partial charge in [0, 0.05) is 18.0 Å². The Balaban J connectivity index is 2.45. The maximum atomic E-state index is 4.38. The molecule has 1 aliphatic heterocycles. The van der Waals surface area contributed by atoms with Crippen molar-refractivity contribution in [2.75, 3.05) is 0 Å². The summed E-state index contributed by atoms with van der Waals surface area (Å²) in [4.78, 5) is 8.56. The van der Waals surface area contributed by atoms with Crippen molar-refractivity contribution in [3.05, 3.63) is 29.1 Å². The van der Waals surface area contributed by atoms with Crippen LogP contribution in [0.1, 0.15) is 37.6 Å². The molecule has 2 rings (SSSR count). The Kier molecular flexibility index (Phi) is 1.72. The van der Waals surface area contributed by atoms with Crippen LogP contribution in [-0.4, -0.2) is 11.2 Å². The highest BCUT2D eigenvalue weighted by Gasteiger charge is 2.16. The van der Waals surface area contributed by atoms with Gasteiger partial charge in [-0.2, -0.15) is 0 Å². The van der Waals surface area contributed by atoms with E-state index in [-0.39, 0.29) is 5.41 Å². The van der Waals surface area contributed by atoms with E-state index in [1.165, 1.54) is 11.1 Å². The maximum absolute atomic E-state index is 4.38. The first-order valence-electron chi connectivity index (χ1n) is 4.56. The first-order chi connectivity index (χ1) is 6.07. The Labute approximate surface area is 78.7 Å². The largest absolute Gasteiger partial charge is 0.286 e. The fourth-order valence-electron chi connectivity index (χ4n) is 1.40. The molecule has 0 radical (unpaired) electrons. The molecule has 1 aliphatic rings. The summed E-state index contributed by atoms with van der Waals surface area (Å²) < 4.78 is 0. The van der Waals surface area contributed by atoms with Gasteiger partial charge in [0.15, 0.2) is 0 Å². The van der Waals surface area contributed by atoms with Gasteiger partial charge < -0.3 is 0 Å². The highest BCUT2D eigenvalue weighted by Crippen LogP contribution is 2.24. The quantitative estimate of drug-likeness (QED) is 0.592. The highest BCUT2D eigenvalue weighted by molar-refractivity contribution is 5.81. The van der Waals surface area contributed by atoms with Crippen LogP contribution in [0.4, 0.5) is 0 Å². The van der Waals surface area contributed by atoms with Gasteiger partial charge in [-0.05, 0) is 17.0 Å². The second-order valence-electron chi connectivity index (χ2n) is 4.49. The predicted octanol–water partition coefficient (Wildman–Crippen LogP) is 2.31. The molecule has 2 heteroatoms. The van der Waals surface area contributed by atoms with Gasteiger partial charge in [0.25, 0.3) is 0 Å². The Morgan fingerprint density at radius 1 is 1.31 bits per heavy atom. The summed E-state index contributed by atoms with van der Waals surface area (Å²) in [6.45, 7) is 7.40. The summed E-state index contributed by atoms with van der Waals surface area (Å²) in [5, 5.41) is 0. The van der Waals surface area contributed by atoms with Crippen molar-refractivity contribution >= 4 is 6.21 Å². The molecule has 0 bridgehead atoms. The average molecular weight is 174 g/mol. The van der Waals surface area contributed by atoms with E-state index < -0.39 is 0 Å². The number of hydrogen-bond donors (Lipinski definition) is 0. The SMILES string of the molecule is CC(C)(C)c1cnc2c(c1)CN=C2. The maximum Gasteiger partial charge on any atom is 0.0858 e. The molecule has 0 atom stereocenters. The first kappa shape index (κ1) is 8.42. The van der Waals surface area contributed by atoms with Crippen LogP contribution in [0.25, 0.3) is 0 Å². The van der Waals surface area contributed by atoms with E-state index in [1.54, 1.807) is 0 Å². The Bertz CT molecular complexity index is 359. The lowest BCUT2D eigenvalue weighted by Crippen LogP contribution is -2.12. The van der Waals surface area contributed by atoms with Crippen molar-refractivity contribution in [3.8, 4) is 0 Å². The van der Waals surface area contributed by atoms with Crippen LogP contribution >= 0.6 is 0 Å². The zero-order valence-corrected chi connectivity index (χ0v) is 8.33. The predicted molar refractivity (Wildman–Crippen MR) is 54.2 cm³/mol. The van der Waals surface area contributed by atoms with Crippen molar-refractivity contribution in [1.82, 2.24) is 4.98 Å². The number of nitrogens with zero attached hydrogens (tertiary/aromatic N) is 2. The van der Waals surface area contributed by atoms with Crippen LogP contribution in [0.5, 0.6) is 0 Å². The number of hydrogen-bond acceptors (Lipinski definition) is 2. The summed E-state index contributed by atoms with van der Waals surface area (Å²) in [5.41, 5.74) is 3.77. The number of aliphatic imine (C=N–C) groups is 1. The second kappa shape index (κ2) is 2.66. The molecule has 0 fully saturated rings. The minimum atomic E-state index is 0.185. The summed E-state index contributed by atoms with van der Waals surface area (Å²) in [6.07, 6.45) is 3.80. The third-order valence-electron chi connectivity index (χ3n) is 2.34. The van der Waals surface area contributed by atoms with Gasteiger partial charge in [-0.1, -0.05) is 20.8 Å². The third-order valence-corrected chi connectivity index (χ3v) is 2.34. The lowest BCUT2D eigenvalue weighted by Gasteiger charge is -2.18. The van der Waals surface area contributed by atoms with Gasteiger partial charge in [0.05, 0.1) is 12.2 Å². The van der Waals surface area contributed by atoms with E-state index in [4.69, 9.17) is 0 Å². The Morgan fingerprint density at radius 3 is 2.77 bits per heavy atom. The molecular weight excluding hydrogens is 160 g/mol. The van der Waals surface area contributed by atoms with Crippen LogP contribution in [0.3, 0.4) is 0 Å². The van der Waals surface area contributed by atoms with E-state index in [0.717, 1.165) is 12.2 Å². The monoisotopic (exact) mass is 174 g/mol. The van der Waals surface area contributed by atoms with Crippen molar-refractivity contribution in [2.45, 2.75) is 32.7 Å². The molecule has 0 spiro atoms. The van der Waals surface area contributed by atoms with Crippen molar-refractivity contribution in [1.29, 1.82) is 0 Å². The van der Waals surface area contributed by atoms with Gasteiger partial charge in [-0.25, -0.2) is 0 Å². The molecule has 0 aromatic carbocycles. The van der Waals surface area contributed by atoms with Crippen LogP contribution in [0, 0.1) is 0 Å². The average Bonchev–Trinajstić information content (AvgIpc) is 2.47. The Hall–Kier alpha value is -1.18. The minimum Gasteiger partial charge on any atom is -0.286 e. The molecule has 2 nitrogen and oxygen atoms in total. The van der Waals surface area contributed by atoms with Crippen LogP contribution in [0.2, 0.25) is 0 Å². The number of pyridine rings is 1. The number of fused-ring (bicyclic) bond motifs is 1. The summed E-state index contributed by atoms with van der Waals surface area (Å²) in [7, 11) is 0. The topological polar surface area (TPSA) is 25.2 Å². The van der Waals surface area contributed by atoms with Crippen molar-refractivity contribution < 1.29 is 0 Å². The summed E-state index contributed by atoms with van der Waals surface area (Å²) in [5.74, 6) is 0. The Morgan fingerprint density at radius 2 is 2.08 bits per heavy atom. The van der Waals surface area contributed by atoms with E-state index >= 15 is 0 Å². The van der Waals surface area contributed by atoms with Crippen LogP contribution in [0.15, 0.2) is 17.3 Å². The van der Waals surface area contributed by atoms with E-state index in [0.29, 0.717) is 0 Å². The zero-order valence-electron chi connectivity index (χ0n) is 8.33. The highest BCUT2D eigenvalue weighted by atomic mass is 14.8. The molecule has 2 heterocycles. The zero-order chi connectivity index (χ0) is 9.47. The van der Waals surface area contributed by atoms with Crippen LogP contribution in [-0.2, 0) is 12.0 Å². The first-order valence-corrected chi connectivity index (χ1v) is 4.56. The van der Waals surface area contributed by atoms with Gasteiger partial charge in [-0.15, -0.1) is 0 Å². The van der Waals surface area contributed by atoms with Gasteiger partial charge in [-0.3, -0.25) is 9.98 Å². The molecule has 0 saturated carbocycles. The van der Waals surface area contributed by atoms with Gasteiger partial charge >= 0.3 is 0 Å². The van der Waals surface area contributed by atoms with E-state index in [2.05, 4.69) is 36.8 Å². The number of aromatic nitrogens is 1. The summed E-state index contributed by atoms with van der Waals surface area (Å²) in [6, 6.07) is 2.22. The molecule has 0 unspecified atom stereocenters. The van der Waals surface area contributed by atoms with Crippen molar-refractivity contribution in [3.63, 3.8) is 0 Å². The third kappa shape index (κ3) is 1.48. The molecular formula is C11H14N2. The normalized spacial score (nSPS) is 14.7.